The number of nitrogens with two attached hydrogens (primary N) is 1. The van der Waals surface area contributed by atoms with Gasteiger partial charge in [0.15, 0.2) is 0 Å². The molecule has 0 saturated carbocycles. The van der Waals surface area contributed by atoms with E-state index in [4.69, 9.17) is 10.5 Å². The van der Waals surface area contributed by atoms with E-state index in [1.807, 2.05) is 13.8 Å². The molecule has 2 N–H and O–H groups in total. The first-order valence-corrected chi connectivity index (χ1v) is 6.02. The minimum atomic E-state index is 0.0475. The Kier molecular flexibility index (Phi) is 4.58. The third-order valence-electron chi connectivity index (χ3n) is 2.15. The summed E-state index contributed by atoms with van der Waals surface area (Å²) in [5.41, 5.74) is 7.24. The van der Waals surface area contributed by atoms with Crippen LogP contribution in [0.3, 0.4) is 0 Å². The van der Waals surface area contributed by atoms with Gasteiger partial charge in [0.25, 0.3) is 0 Å². The molecule has 0 amide bonds. The second kappa shape index (κ2) is 5.49. The van der Waals surface area contributed by atoms with E-state index in [1.165, 1.54) is 5.56 Å². The van der Waals surface area contributed by atoms with E-state index in [0.29, 0.717) is 0 Å². The topological polar surface area (TPSA) is 35.2 Å². The van der Waals surface area contributed by atoms with Gasteiger partial charge in [0.05, 0.1) is 12.2 Å². The van der Waals surface area contributed by atoms with E-state index in [2.05, 4.69) is 23.8 Å². The van der Waals surface area contributed by atoms with Crippen molar-refractivity contribution < 1.29 is 4.74 Å². The van der Waals surface area contributed by atoms with Gasteiger partial charge in [-0.15, -0.1) is 0 Å². The van der Waals surface area contributed by atoms with Crippen LogP contribution in [0, 0.1) is 0 Å². The fraction of sp³-hybridized carbons (Fsp3) is 0.636. The second-order valence-corrected chi connectivity index (χ2v) is 4.51. The Hall–Kier alpha value is -0.380. The van der Waals surface area contributed by atoms with Gasteiger partial charge in [-0.05, 0) is 42.7 Å². The first-order chi connectivity index (χ1) is 6.65. The van der Waals surface area contributed by atoms with Crippen molar-refractivity contribution >= 4 is 11.3 Å². The number of thiophene rings is 1. The van der Waals surface area contributed by atoms with Gasteiger partial charge in [-0.25, -0.2) is 0 Å². The van der Waals surface area contributed by atoms with E-state index in [-0.39, 0.29) is 18.2 Å². The monoisotopic (exact) mass is 213 g/mol. The van der Waals surface area contributed by atoms with Gasteiger partial charge in [-0.3, -0.25) is 0 Å². The predicted octanol–water partition coefficient (Wildman–Crippen LogP) is 2.95. The Labute approximate surface area is 90.1 Å². The van der Waals surface area contributed by atoms with E-state index in [0.717, 1.165) is 6.42 Å². The summed E-state index contributed by atoms with van der Waals surface area (Å²) in [4.78, 5) is 0. The summed E-state index contributed by atoms with van der Waals surface area (Å²) >= 11 is 1.69. The van der Waals surface area contributed by atoms with Crippen LogP contribution >= 0.6 is 11.3 Å². The van der Waals surface area contributed by atoms with E-state index < -0.39 is 0 Å². The van der Waals surface area contributed by atoms with Crippen molar-refractivity contribution in [3.05, 3.63) is 22.4 Å². The Balaban J connectivity index is 2.72. The molecule has 0 fully saturated rings. The molecule has 0 bridgehead atoms. The highest BCUT2D eigenvalue weighted by Gasteiger charge is 2.20. The van der Waals surface area contributed by atoms with Crippen molar-refractivity contribution in [3.8, 4) is 0 Å². The van der Waals surface area contributed by atoms with Crippen LogP contribution in [0.15, 0.2) is 16.8 Å². The quantitative estimate of drug-likeness (QED) is 0.816. The molecule has 2 atom stereocenters. The second-order valence-electron chi connectivity index (χ2n) is 3.73. The van der Waals surface area contributed by atoms with Gasteiger partial charge in [-0.1, -0.05) is 6.92 Å². The maximum Gasteiger partial charge on any atom is 0.0987 e. The van der Waals surface area contributed by atoms with Crippen molar-refractivity contribution in [1.82, 2.24) is 0 Å². The molecular formula is C11H19NOS. The summed E-state index contributed by atoms with van der Waals surface area (Å²) in [6.07, 6.45) is 1.21. The fourth-order valence-electron chi connectivity index (χ4n) is 1.37. The number of rotatable bonds is 5. The van der Waals surface area contributed by atoms with Crippen LogP contribution in [-0.4, -0.2) is 12.1 Å². The molecule has 0 aliphatic rings. The van der Waals surface area contributed by atoms with E-state index >= 15 is 0 Å². The maximum atomic E-state index is 6.04. The Morgan fingerprint density at radius 1 is 1.50 bits per heavy atom. The largest absolute Gasteiger partial charge is 0.369 e. The molecule has 0 aliphatic carbocycles. The van der Waals surface area contributed by atoms with Crippen molar-refractivity contribution in [1.29, 1.82) is 0 Å². The standard InChI is InChI=1S/C11H19NOS/c1-4-10(12)11(13-8(2)3)9-5-6-14-7-9/h5-8,10-11H,4,12H2,1-3H3. The summed E-state index contributed by atoms with van der Waals surface area (Å²) in [7, 11) is 0. The summed E-state index contributed by atoms with van der Waals surface area (Å²) in [6, 6.07) is 2.18. The Bertz CT molecular complexity index is 246. The SMILES string of the molecule is CCC(N)C(OC(C)C)c1ccsc1. The Morgan fingerprint density at radius 2 is 2.21 bits per heavy atom. The molecule has 0 saturated heterocycles. The summed E-state index contributed by atoms with van der Waals surface area (Å²) in [6.45, 7) is 6.18. The van der Waals surface area contributed by atoms with Crippen molar-refractivity contribution in [2.75, 3.05) is 0 Å². The van der Waals surface area contributed by atoms with E-state index in [9.17, 15) is 0 Å². The first kappa shape index (κ1) is 11.7. The molecular weight excluding hydrogens is 194 g/mol. The van der Waals surface area contributed by atoms with Gasteiger partial charge in [-0.2, -0.15) is 11.3 Å². The molecule has 1 aromatic heterocycles. The van der Waals surface area contributed by atoms with Crippen LogP contribution < -0.4 is 5.73 Å². The lowest BCUT2D eigenvalue weighted by Gasteiger charge is -2.24. The van der Waals surface area contributed by atoms with Gasteiger partial charge in [0.1, 0.15) is 0 Å². The lowest BCUT2D eigenvalue weighted by Crippen LogP contribution is -2.30. The Morgan fingerprint density at radius 3 is 2.64 bits per heavy atom. The highest BCUT2D eigenvalue weighted by molar-refractivity contribution is 7.07. The van der Waals surface area contributed by atoms with Crippen LogP contribution in [0.4, 0.5) is 0 Å². The third kappa shape index (κ3) is 3.08. The average molecular weight is 213 g/mol. The molecule has 0 aliphatic heterocycles. The zero-order valence-corrected chi connectivity index (χ0v) is 9.88. The minimum absolute atomic E-state index is 0.0475. The zero-order chi connectivity index (χ0) is 10.6. The number of hydrogen-bond acceptors (Lipinski definition) is 3. The number of hydrogen-bond donors (Lipinski definition) is 1. The molecule has 0 spiro atoms. The molecule has 0 aromatic carbocycles. The number of ether oxygens (including phenoxy) is 1. The summed E-state index contributed by atoms with van der Waals surface area (Å²) < 4.78 is 5.83. The molecule has 3 heteroatoms. The molecule has 80 valence electrons. The molecule has 1 heterocycles. The molecule has 1 rings (SSSR count). The fourth-order valence-corrected chi connectivity index (χ4v) is 2.05. The van der Waals surface area contributed by atoms with Crippen LogP contribution in [0.5, 0.6) is 0 Å². The molecule has 14 heavy (non-hydrogen) atoms. The van der Waals surface area contributed by atoms with Gasteiger partial charge in [0.2, 0.25) is 0 Å². The third-order valence-corrected chi connectivity index (χ3v) is 2.85. The van der Waals surface area contributed by atoms with Crippen LogP contribution in [0.25, 0.3) is 0 Å². The molecule has 1 aromatic rings. The predicted molar refractivity (Wildman–Crippen MR) is 61.5 cm³/mol. The lowest BCUT2D eigenvalue weighted by molar-refractivity contribution is -0.00874. The zero-order valence-electron chi connectivity index (χ0n) is 9.07. The van der Waals surface area contributed by atoms with Crippen LogP contribution in [0.2, 0.25) is 0 Å². The van der Waals surface area contributed by atoms with Crippen molar-refractivity contribution in [3.63, 3.8) is 0 Å². The van der Waals surface area contributed by atoms with E-state index in [1.54, 1.807) is 11.3 Å². The van der Waals surface area contributed by atoms with Gasteiger partial charge < -0.3 is 10.5 Å². The van der Waals surface area contributed by atoms with Gasteiger partial charge >= 0.3 is 0 Å². The highest BCUT2D eigenvalue weighted by Crippen LogP contribution is 2.25. The van der Waals surface area contributed by atoms with Crippen molar-refractivity contribution in [2.45, 2.75) is 45.4 Å². The van der Waals surface area contributed by atoms with Crippen molar-refractivity contribution in [2.24, 2.45) is 5.73 Å². The normalized spacial score (nSPS) is 15.8. The summed E-state index contributed by atoms with van der Waals surface area (Å²) in [5.74, 6) is 0. The maximum absolute atomic E-state index is 6.04. The average Bonchev–Trinajstić information content (AvgIpc) is 2.65. The molecule has 2 unspecified atom stereocenters. The summed E-state index contributed by atoms with van der Waals surface area (Å²) in [5, 5.41) is 4.18. The molecule has 2 nitrogen and oxygen atoms in total. The highest BCUT2D eigenvalue weighted by atomic mass is 32.1. The lowest BCUT2D eigenvalue weighted by atomic mass is 10.0. The van der Waals surface area contributed by atoms with Gasteiger partial charge in [0, 0.05) is 6.04 Å². The molecule has 0 radical (unpaired) electrons. The first-order valence-electron chi connectivity index (χ1n) is 5.08. The minimum Gasteiger partial charge on any atom is -0.369 e. The smallest absolute Gasteiger partial charge is 0.0987 e. The van der Waals surface area contributed by atoms with Crippen LogP contribution in [-0.2, 0) is 4.74 Å². The van der Waals surface area contributed by atoms with Crippen LogP contribution in [0.1, 0.15) is 38.9 Å².